The van der Waals surface area contributed by atoms with Gasteiger partial charge < -0.3 is 19.5 Å². The zero-order valence-electron chi connectivity index (χ0n) is 12.7. The fraction of sp³-hybridized carbons (Fsp3) is 0.375. The van der Waals surface area contributed by atoms with Gasteiger partial charge in [-0.25, -0.2) is 4.98 Å². The van der Waals surface area contributed by atoms with E-state index in [2.05, 4.69) is 27.1 Å². The van der Waals surface area contributed by atoms with E-state index in [-0.39, 0.29) is 5.91 Å². The largest absolute Gasteiger partial charge is 0.459 e. The predicted molar refractivity (Wildman–Crippen MR) is 83.8 cm³/mol. The van der Waals surface area contributed by atoms with Crippen LogP contribution in [-0.4, -0.2) is 49.0 Å². The average molecular weight is 300 g/mol. The SMILES string of the molecule is CN1CCN(c2ccc(CNC(=O)c3ccco3)cn2)CC1. The van der Waals surface area contributed by atoms with Gasteiger partial charge in [0.15, 0.2) is 5.76 Å². The monoisotopic (exact) mass is 300 g/mol. The van der Waals surface area contributed by atoms with E-state index in [0.717, 1.165) is 37.6 Å². The van der Waals surface area contributed by atoms with E-state index in [4.69, 9.17) is 4.42 Å². The van der Waals surface area contributed by atoms with Crippen molar-refractivity contribution in [3.05, 3.63) is 48.0 Å². The van der Waals surface area contributed by atoms with Crippen molar-refractivity contribution in [2.45, 2.75) is 6.54 Å². The van der Waals surface area contributed by atoms with Crippen LogP contribution in [0.5, 0.6) is 0 Å². The lowest BCUT2D eigenvalue weighted by atomic mass is 10.2. The molecular weight excluding hydrogens is 280 g/mol. The minimum absolute atomic E-state index is 0.215. The molecule has 1 aliphatic rings. The number of rotatable bonds is 4. The van der Waals surface area contributed by atoms with Gasteiger partial charge in [0.1, 0.15) is 5.82 Å². The van der Waals surface area contributed by atoms with Crippen molar-refractivity contribution in [1.82, 2.24) is 15.2 Å². The maximum Gasteiger partial charge on any atom is 0.287 e. The highest BCUT2D eigenvalue weighted by Crippen LogP contribution is 2.13. The third-order valence-electron chi connectivity index (χ3n) is 3.83. The Morgan fingerprint density at radius 2 is 2.09 bits per heavy atom. The van der Waals surface area contributed by atoms with E-state index in [9.17, 15) is 4.79 Å². The minimum atomic E-state index is -0.215. The van der Waals surface area contributed by atoms with Crippen LogP contribution in [0.25, 0.3) is 0 Å². The summed E-state index contributed by atoms with van der Waals surface area (Å²) in [4.78, 5) is 20.9. The summed E-state index contributed by atoms with van der Waals surface area (Å²) in [6.07, 6.45) is 3.30. The van der Waals surface area contributed by atoms with Crippen LogP contribution in [0.4, 0.5) is 5.82 Å². The number of carbonyl (C=O) groups is 1. The van der Waals surface area contributed by atoms with E-state index >= 15 is 0 Å². The molecule has 0 atom stereocenters. The topological polar surface area (TPSA) is 61.6 Å². The Labute approximate surface area is 129 Å². The molecule has 0 saturated carbocycles. The lowest BCUT2D eigenvalue weighted by Crippen LogP contribution is -2.44. The first-order valence-corrected chi connectivity index (χ1v) is 7.42. The number of aromatic nitrogens is 1. The molecule has 1 aliphatic heterocycles. The van der Waals surface area contributed by atoms with Crippen LogP contribution in [0.2, 0.25) is 0 Å². The molecule has 2 aromatic rings. The van der Waals surface area contributed by atoms with Crippen molar-refractivity contribution in [2.24, 2.45) is 0 Å². The van der Waals surface area contributed by atoms with Crippen LogP contribution in [0.1, 0.15) is 16.1 Å². The van der Waals surface area contributed by atoms with Crippen molar-refractivity contribution in [3.63, 3.8) is 0 Å². The lowest BCUT2D eigenvalue weighted by molar-refractivity contribution is 0.0923. The highest BCUT2D eigenvalue weighted by Gasteiger charge is 2.15. The maximum atomic E-state index is 11.8. The van der Waals surface area contributed by atoms with Gasteiger partial charge in [-0.2, -0.15) is 0 Å². The number of anilines is 1. The Kier molecular flexibility index (Phi) is 4.39. The first-order valence-electron chi connectivity index (χ1n) is 7.42. The fourth-order valence-electron chi connectivity index (χ4n) is 2.42. The van der Waals surface area contributed by atoms with Crippen LogP contribution in [0.3, 0.4) is 0 Å². The summed E-state index contributed by atoms with van der Waals surface area (Å²) >= 11 is 0. The van der Waals surface area contributed by atoms with Crippen LogP contribution >= 0.6 is 0 Å². The molecule has 0 aliphatic carbocycles. The molecule has 6 nitrogen and oxygen atoms in total. The van der Waals surface area contributed by atoms with Crippen LogP contribution in [0.15, 0.2) is 41.1 Å². The Balaban J connectivity index is 1.54. The Bertz CT molecular complexity index is 602. The summed E-state index contributed by atoms with van der Waals surface area (Å²) in [5.41, 5.74) is 0.970. The summed E-state index contributed by atoms with van der Waals surface area (Å²) in [6, 6.07) is 7.36. The maximum absolute atomic E-state index is 11.8. The molecule has 0 aromatic carbocycles. The van der Waals surface area contributed by atoms with Crippen molar-refractivity contribution in [1.29, 1.82) is 0 Å². The lowest BCUT2D eigenvalue weighted by Gasteiger charge is -2.33. The quantitative estimate of drug-likeness (QED) is 0.923. The number of hydrogen-bond acceptors (Lipinski definition) is 5. The molecule has 1 fully saturated rings. The van der Waals surface area contributed by atoms with Crippen molar-refractivity contribution in [2.75, 3.05) is 38.1 Å². The van der Waals surface area contributed by atoms with E-state index in [1.165, 1.54) is 6.26 Å². The van der Waals surface area contributed by atoms with Gasteiger partial charge in [0.2, 0.25) is 0 Å². The first kappa shape index (κ1) is 14.6. The second-order valence-electron chi connectivity index (χ2n) is 5.47. The third-order valence-corrected chi connectivity index (χ3v) is 3.83. The van der Waals surface area contributed by atoms with Gasteiger partial charge in [0.05, 0.1) is 6.26 Å². The summed E-state index contributed by atoms with van der Waals surface area (Å²) in [5, 5.41) is 2.81. The fourth-order valence-corrected chi connectivity index (χ4v) is 2.42. The molecule has 1 amide bonds. The molecule has 1 saturated heterocycles. The summed E-state index contributed by atoms with van der Waals surface area (Å²) < 4.78 is 5.05. The first-order chi connectivity index (χ1) is 10.7. The van der Waals surface area contributed by atoms with Crippen LogP contribution in [-0.2, 0) is 6.54 Å². The van der Waals surface area contributed by atoms with Crippen LogP contribution in [0, 0.1) is 0 Å². The van der Waals surface area contributed by atoms with Gasteiger partial charge in [0, 0.05) is 38.9 Å². The number of likely N-dealkylation sites (N-methyl/N-ethyl adjacent to an activating group) is 1. The van der Waals surface area contributed by atoms with Crippen molar-refractivity contribution < 1.29 is 9.21 Å². The van der Waals surface area contributed by atoms with Crippen molar-refractivity contribution >= 4 is 11.7 Å². The number of pyridine rings is 1. The molecule has 22 heavy (non-hydrogen) atoms. The molecule has 0 radical (unpaired) electrons. The van der Waals surface area contributed by atoms with Crippen LogP contribution < -0.4 is 10.2 Å². The summed E-state index contributed by atoms with van der Waals surface area (Å²) in [5.74, 6) is 1.10. The van der Waals surface area contributed by atoms with Gasteiger partial charge in [-0.15, -0.1) is 0 Å². The molecule has 1 N–H and O–H groups in total. The molecule has 0 spiro atoms. The molecule has 3 rings (SSSR count). The zero-order valence-corrected chi connectivity index (χ0v) is 12.7. The Hall–Kier alpha value is -2.34. The molecule has 116 valence electrons. The second-order valence-corrected chi connectivity index (χ2v) is 5.47. The minimum Gasteiger partial charge on any atom is -0.459 e. The van der Waals surface area contributed by atoms with Gasteiger partial charge >= 0.3 is 0 Å². The molecule has 6 heteroatoms. The highest BCUT2D eigenvalue weighted by atomic mass is 16.3. The van der Waals surface area contributed by atoms with Gasteiger partial charge in [-0.3, -0.25) is 4.79 Å². The predicted octanol–water partition coefficient (Wildman–Crippen LogP) is 1.36. The Morgan fingerprint density at radius 1 is 1.27 bits per heavy atom. The number of piperazine rings is 1. The smallest absolute Gasteiger partial charge is 0.287 e. The van der Waals surface area contributed by atoms with E-state index < -0.39 is 0 Å². The molecular formula is C16H20N4O2. The number of nitrogens with one attached hydrogen (secondary N) is 1. The van der Waals surface area contributed by atoms with E-state index in [0.29, 0.717) is 12.3 Å². The average Bonchev–Trinajstić information content (AvgIpc) is 3.08. The molecule has 2 aromatic heterocycles. The van der Waals surface area contributed by atoms with E-state index in [1.807, 2.05) is 18.3 Å². The highest BCUT2D eigenvalue weighted by molar-refractivity contribution is 5.91. The molecule has 3 heterocycles. The second kappa shape index (κ2) is 6.62. The van der Waals surface area contributed by atoms with Gasteiger partial charge in [-0.1, -0.05) is 6.07 Å². The summed E-state index contributed by atoms with van der Waals surface area (Å²) in [7, 11) is 2.13. The van der Waals surface area contributed by atoms with Gasteiger partial charge in [-0.05, 0) is 30.8 Å². The molecule has 0 bridgehead atoms. The summed E-state index contributed by atoms with van der Waals surface area (Å²) in [6.45, 7) is 4.55. The zero-order chi connectivity index (χ0) is 15.4. The van der Waals surface area contributed by atoms with E-state index in [1.54, 1.807) is 12.1 Å². The number of furan rings is 1. The standard InChI is InChI=1S/C16H20N4O2/c1-19-6-8-20(9-7-19)15-5-4-13(11-17-15)12-18-16(21)14-3-2-10-22-14/h2-5,10-11H,6-9,12H2,1H3,(H,18,21). The number of hydrogen-bond donors (Lipinski definition) is 1. The normalized spacial score (nSPS) is 15.8. The van der Waals surface area contributed by atoms with Gasteiger partial charge in [0.25, 0.3) is 5.91 Å². The number of carbonyl (C=O) groups excluding carboxylic acids is 1. The Morgan fingerprint density at radius 3 is 2.73 bits per heavy atom. The number of amides is 1. The number of nitrogens with zero attached hydrogens (tertiary/aromatic N) is 3. The molecule has 0 unspecified atom stereocenters. The third kappa shape index (κ3) is 3.46. The van der Waals surface area contributed by atoms with Crippen molar-refractivity contribution in [3.8, 4) is 0 Å².